The molecule has 1 aromatic rings. The van der Waals surface area contributed by atoms with Gasteiger partial charge in [-0.2, -0.15) is 0 Å². The first-order valence-corrected chi connectivity index (χ1v) is 4.26. The van der Waals surface area contributed by atoms with Gasteiger partial charge in [0.15, 0.2) is 6.61 Å². The highest BCUT2D eigenvalue weighted by molar-refractivity contribution is 5.92. The molecule has 0 aliphatic carbocycles. The number of anilines is 1. The lowest BCUT2D eigenvalue weighted by Gasteiger charge is -2.04. The number of nitrogens with one attached hydrogen (secondary N) is 1. The Morgan fingerprint density at radius 2 is 1.93 bits per heavy atom. The number of amides is 1. The smallest absolute Gasteiger partial charge is 0.303 e. The molecule has 1 N–H and O–H groups in total. The predicted octanol–water partition coefficient (Wildman–Crippen LogP) is 1.33. The number of hydrogen-bond acceptors (Lipinski definition) is 3. The summed E-state index contributed by atoms with van der Waals surface area (Å²) in [4.78, 5) is 21.5. The highest BCUT2D eigenvalue weighted by Crippen LogP contribution is 2.07. The van der Waals surface area contributed by atoms with Crippen molar-refractivity contribution in [1.82, 2.24) is 0 Å². The van der Waals surface area contributed by atoms with E-state index in [9.17, 15) is 14.0 Å². The standard InChI is InChI=1S/C10H10FNO3/c1-7(13)15-6-10(14)12-9-4-2-8(11)3-5-9/h2-5H,6H2,1H3,(H,12,14). The highest BCUT2D eigenvalue weighted by Gasteiger charge is 2.03. The van der Waals surface area contributed by atoms with Crippen LogP contribution in [-0.4, -0.2) is 18.5 Å². The zero-order chi connectivity index (χ0) is 11.3. The molecule has 0 fully saturated rings. The molecule has 1 aromatic carbocycles. The van der Waals surface area contributed by atoms with E-state index in [2.05, 4.69) is 10.1 Å². The minimum atomic E-state index is -0.524. The lowest BCUT2D eigenvalue weighted by Crippen LogP contribution is -2.19. The summed E-state index contributed by atoms with van der Waals surface area (Å²) in [5.41, 5.74) is 0.452. The normalized spacial score (nSPS) is 9.47. The Bertz CT molecular complexity index is 361. The molecule has 0 aliphatic rings. The van der Waals surface area contributed by atoms with Crippen molar-refractivity contribution in [3.8, 4) is 0 Å². The first-order valence-electron chi connectivity index (χ1n) is 4.26. The van der Waals surface area contributed by atoms with E-state index in [1.807, 2.05) is 0 Å². The van der Waals surface area contributed by atoms with Gasteiger partial charge in [-0.25, -0.2) is 4.39 Å². The van der Waals surface area contributed by atoms with Crippen LogP contribution in [0.2, 0.25) is 0 Å². The maximum absolute atomic E-state index is 12.5. The second-order valence-corrected chi connectivity index (χ2v) is 2.84. The van der Waals surface area contributed by atoms with Crippen molar-refractivity contribution in [2.24, 2.45) is 0 Å². The maximum atomic E-state index is 12.5. The molecule has 4 nitrogen and oxygen atoms in total. The predicted molar refractivity (Wildman–Crippen MR) is 51.7 cm³/mol. The molecule has 0 bridgehead atoms. The van der Waals surface area contributed by atoms with Gasteiger partial charge in [0.25, 0.3) is 5.91 Å². The molecule has 0 saturated heterocycles. The van der Waals surface area contributed by atoms with E-state index < -0.39 is 11.9 Å². The van der Waals surface area contributed by atoms with Crippen molar-refractivity contribution in [3.63, 3.8) is 0 Å². The van der Waals surface area contributed by atoms with Crippen molar-refractivity contribution in [2.45, 2.75) is 6.92 Å². The molecular formula is C10H10FNO3. The molecule has 0 unspecified atom stereocenters. The number of halogens is 1. The van der Waals surface area contributed by atoms with Gasteiger partial charge in [0.2, 0.25) is 0 Å². The van der Waals surface area contributed by atoms with Gasteiger partial charge >= 0.3 is 5.97 Å². The first-order chi connectivity index (χ1) is 7.08. The van der Waals surface area contributed by atoms with Gasteiger partial charge in [-0.15, -0.1) is 0 Å². The van der Waals surface area contributed by atoms with Crippen molar-refractivity contribution in [3.05, 3.63) is 30.1 Å². The molecule has 1 amide bonds. The lowest BCUT2D eigenvalue weighted by molar-refractivity contribution is -0.144. The molecule has 0 spiro atoms. The van der Waals surface area contributed by atoms with Crippen molar-refractivity contribution < 1.29 is 18.7 Å². The monoisotopic (exact) mass is 211 g/mol. The summed E-state index contributed by atoms with van der Waals surface area (Å²) in [6.07, 6.45) is 0. The number of rotatable bonds is 3. The summed E-state index contributed by atoms with van der Waals surface area (Å²) in [6, 6.07) is 5.28. The van der Waals surface area contributed by atoms with E-state index in [4.69, 9.17) is 0 Å². The molecule has 0 atom stereocenters. The van der Waals surface area contributed by atoms with E-state index in [1.165, 1.54) is 31.2 Å². The van der Waals surface area contributed by atoms with Crippen molar-refractivity contribution >= 4 is 17.6 Å². The fourth-order valence-electron chi connectivity index (χ4n) is 0.897. The molecular weight excluding hydrogens is 201 g/mol. The van der Waals surface area contributed by atoms with Crippen LogP contribution in [0.5, 0.6) is 0 Å². The van der Waals surface area contributed by atoms with Gasteiger partial charge in [0.05, 0.1) is 0 Å². The second-order valence-electron chi connectivity index (χ2n) is 2.84. The quantitative estimate of drug-likeness (QED) is 0.767. The number of carbonyl (C=O) groups excluding carboxylic acids is 2. The average molecular weight is 211 g/mol. The van der Waals surface area contributed by atoms with E-state index in [0.717, 1.165) is 0 Å². The van der Waals surface area contributed by atoms with Gasteiger partial charge < -0.3 is 10.1 Å². The van der Waals surface area contributed by atoms with Gasteiger partial charge in [-0.05, 0) is 24.3 Å². The van der Waals surface area contributed by atoms with E-state index in [0.29, 0.717) is 5.69 Å². The molecule has 0 heterocycles. The number of carbonyl (C=O) groups is 2. The molecule has 80 valence electrons. The number of esters is 1. The summed E-state index contributed by atoms with van der Waals surface area (Å²) >= 11 is 0. The summed E-state index contributed by atoms with van der Waals surface area (Å²) in [7, 11) is 0. The number of hydrogen-bond donors (Lipinski definition) is 1. The molecule has 0 saturated carbocycles. The molecule has 1 rings (SSSR count). The summed E-state index contributed by atoms with van der Waals surface area (Å²) in [5, 5.41) is 2.44. The Morgan fingerprint density at radius 1 is 1.33 bits per heavy atom. The summed E-state index contributed by atoms with van der Waals surface area (Å²) in [5.74, 6) is -1.37. The van der Waals surface area contributed by atoms with E-state index in [-0.39, 0.29) is 12.4 Å². The van der Waals surface area contributed by atoms with Crippen LogP contribution in [0.25, 0.3) is 0 Å². The van der Waals surface area contributed by atoms with Crippen LogP contribution in [-0.2, 0) is 14.3 Å². The van der Waals surface area contributed by atoms with Gasteiger partial charge in [-0.1, -0.05) is 0 Å². The van der Waals surface area contributed by atoms with Gasteiger partial charge in [-0.3, -0.25) is 9.59 Å². The first kappa shape index (κ1) is 11.2. The zero-order valence-electron chi connectivity index (χ0n) is 8.12. The Hall–Kier alpha value is -1.91. The van der Waals surface area contributed by atoms with Crippen LogP contribution < -0.4 is 5.32 Å². The average Bonchev–Trinajstić information content (AvgIpc) is 2.19. The third-order valence-electron chi connectivity index (χ3n) is 1.53. The third kappa shape index (κ3) is 4.21. The van der Waals surface area contributed by atoms with Crippen molar-refractivity contribution in [2.75, 3.05) is 11.9 Å². The highest BCUT2D eigenvalue weighted by atomic mass is 19.1. The molecule has 15 heavy (non-hydrogen) atoms. The summed E-state index contributed by atoms with van der Waals surface area (Å²) in [6.45, 7) is 0.873. The SMILES string of the molecule is CC(=O)OCC(=O)Nc1ccc(F)cc1. The largest absolute Gasteiger partial charge is 0.456 e. The van der Waals surface area contributed by atoms with Crippen LogP contribution >= 0.6 is 0 Å². The molecule has 5 heteroatoms. The minimum absolute atomic E-state index is 0.341. The Morgan fingerprint density at radius 3 is 2.47 bits per heavy atom. The zero-order valence-corrected chi connectivity index (χ0v) is 8.12. The van der Waals surface area contributed by atoms with E-state index in [1.54, 1.807) is 0 Å². The molecule has 0 aliphatic heterocycles. The van der Waals surface area contributed by atoms with Crippen molar-refractivity contribution in [1.29, 1.82) is 0 Å². The van der Waals surface area contributed by atoms with Crippen LogP contribution in [0.3, 0.4) is 0 Å². The van der Waals surface area contributed by atoms with Gasteiger partial charge in [0, 0.05) is 12.6 Å². The maximum Gasteiger partial charge on any atom is 0.303 e. The fourth-order valence-corrected chi connectivity index (χ4v) is 0.897. The van der Waals surface area contributed by atoms with Crippen LogP contribution in [0, 0.1) is 5.82 Å². The Balaban J connectivity index is 2.44. The summed E-state index contributed by atoms with van der Waals surface area (Å²) < 4.78 is 17.0. The van der Waals surface area contributed by atoms with E-state index >= 15 is 0 Å². The fraction of sp³-hybridized carbons (Fsp3) is 0.200. The van der Waals surface area contributed by atoms with Crippen LogP contribution in [0.15, 0.2) is 24.3 Å². The lowest BCUT2D eigenvalue weighted by atomic mass is 10.3. The third-order valence-corrected chi connectivity index (χ3v) is 1.53. The van der Waals surface area contributed by atoms with Gasteiger partial charge in [0.1, 0.15) is 5.82 Å². The van der Waals surface area contributed by atoms with Crippen LogP contribution in [0.1, 0.15) is 6.92 Å². The Labute approximate surface area is 86.0 Å². The minimum Gasteiger partial charge on any atom is -0.456 e. The van der Waals surface area contributed by atoms with Crippen LogP contribution in [0.4, 0.5) is 10.1 Å². The number of benzene rings is 1. The number of ether oxygens (including phenoxy) is 1. The Kier molecular flexibility index (Phi) is 3.79. The molecule has 0 radical (unpaired) electrons. The molecule has 0 aromatic heterocycles. The second kappa shape index (κ2) is 5.09. The topological polar surface area (TPSA) is 55.4 Å².